The van der Waals surface area contributed by atoms with E-state index in [0.29, 0.717) is 6.54 Å². The lowest BCUT2D eigenvalue weighted by Crippen LogP contribution is -2.49. The fraction of sp³-hybridized carbons (Fsp3) is 0.429. The molecule has 2 aromatic rings. The van der Waals surface area contributed by atoms with Gasteiger partial charge in [-0.15, -0.1) is 0 Å². The standard InChI is InChI=1S/C14H18BrN5O/c15-11-2-9-21-13(11)12(10-16)19-5-7-20(8-6-19)14-17-3-1-4-18-14/h1-4,9,12H,5-8,10,16H2. The summed E-state index contributed by atoms with van der Waals surface area (Å²) in [5, 5.41) is 0. The molecule has 0 bridgehead atoms. The predicted molar refractivity (Wildman–Crippen MR) is 84.0 cm³/mol. The Kier molecular flexibility index (Phi) is 4.52. The molecule has 3 heterocycles. The number of piperazine rings is 1. The Hall–Kier alpha value is -1.44. The monoisotopic (exact) mass is 351 g/mol. The van der Waals surface area contributed by atoms with Crippen LogP contribution in [0.5, 0.6) is 0 Å². The van der Waals surface area contributed by atoms with Crippen LogP contribution >= 0.6 is 15.9 Å². The van der Waals surface area contributed by atoms with Gasteiger partial charge < -0.3 is 15.1 Å². The summed E-state index contributed by atoms with van der Waals surface area (Å²) in [6, 6.07) is 3.85. The van der Waals surface area contributed by atoms with Crippen LogP contribution in [0.25, 0.3) is 0 Å². The molecule has 2 aromatic heterocycles. The molecule has 0 amide bonds. The zero-order valence-corrected chi connectivity index (χ0v) is 13.2. The quantitative estimate of drug-likeness (QED) is 0.902. The summed E-state index contributed by atoms with van der Waals surface area (Å²) in [5.41, 5.74) is 5.95. The van der Waals surface area contributed by atoms with E-state index >= 15 is 0 Å². The number of hydrogen-bond donors (Lipinski definition) is 1. The van der Waals surface area contributed by atoms with Gasteiger partial charge in [0.15, 0.2) is 0 Å². The van der Waals surface area contributed by atoms with Gasteiger partial charge in [-0.2, -0.15) is 0 Å². The van der Waals surface area contributed by atoms with E-state index in [1.165, 1.54) is 0 Å². The summed E-state index contributed by atoms with van der Waals surface area (Å²) in [6.45, 7) is 4.13. The third-order valence-corrected chi connectivity index (χ3v) is 4.42. The average molecular weight is 352 g/mol. The Morgan fingerprint density at radius 2 is 1.95 bits per heavy atom. The van der Waals surface area contributed by atoms with Gasteiger partial charge in [0.1, 0.15) is 5.76 Å². The van der Waals surface area contributed by atoms with E-state index in [2.05, 4.69) is 35.7 Å². The Morgan fingerprint density at radius 1 is 1.24 bits per heavy atom. The molecule has 0 radical (unpaired) electrons. The Labute approximate surface area is 132 Å². The molecule has 21 heavy (non-hydrogen) atoms. The number of halogens is 1. The highest BCUT2D eigenvalue weighted by atomic mass is 79.9. The first-order chi connectivity index (χ1) is 10.3. The Bertz CT molecular complexity index is 568. The fourth-order valence-electron chi connectivity index (χ4n) is 2.65. The highest BCUT2D eigenvalue weighted by Gasteiger charge is 2.28. The van der Waals surface area contributed by atoms with Crippen LogP contribution in [0.15, 0.2) is 39.7 Å². The van der Waals surface area contributed by atoms with E-state index < -0.39 is 0 Å². The molecule has 3 rings (SSSR count). The van der Waals surface area contributed by atoms with Crippen molar-refractivity contribution in [2.45, 2.75) is 6.04 Å². The van der Waals surface area contributed by atoms with Crippen LogP contribution in [0.4, 0.5) is 5.95 Å². The lowest BCUT2D eigenvalue weighted by molar-refractivity contribution is 0.168. The molecule has 1 aliphatic heterocycles. The lowest BCUT2D eigenvalue weighted by atomic mass is 10.1. The molecule has 6 nitrogen and oxygen atoms in total. The molecular weight excluding hydrogens is 334 g/mol. The van der Waals surface area contributed by atoms with Crippen LogP contribution in [-0.2, 0) is 0 Å². The van der Waals surface area contributed by atoms with E-state index in [-0.39, 0.29) is 6.04 Å². The maximum absolute atomic E-state index is 5.95. The topological polar surface area (TPSA) is 71.4 Å². The fourth-order valence-corrected chi connectivity index (χ4v) is 3.12. The Balaban J connectivity index is 1.66. The van der Waals surface area contributed by atoms with E-state index in [9.17, 15) is 0 Å². The number of rotatable bonds is 4. The van der Waals surface area contributed by atoms with Crippen molar-refractivity contribution < 1.29 is 4.42 Å². The largest absolute Gasteiger partial charge is 0.466 e. The highest BCUT2D eigenvalue weighted by molar-refractivity contribution is 9.10. The van der Waals surface area contributed by atoms with Crippen LogP contribution in [0.3, 0.4) is 0 Å². The lowest BCUT2D eigenvalue weighted by Gasteiger charge is -2.38. The smallest absolute Gasteiger partial charge is 0.225 e. The van der Waals surface area contributed by atoms with Crippen molar-refractivity contribution in [3.05, 3.63) is 41.0 Å². The van der Waals surface area contributed by atoms with Crippen molar-refractivity contribution >= 4 is 21.9 Å². The number of nitrogens with zero attached hydrogens (tertiary/aromatic N) is 4. The summed E-state index contributed by atoms with van der Waals surface area (Å²) < 4.78 is 6.55. The Morgan fingerprint density at radius 3 is 2.52 bits per heavy atom. The molecular formula is C14H18BrN5O. The molecule has 1 fully saturated rings. The van der Waals surface area contributed by atoms with Crippen molar-refractivity contribution in [2.75, 3.05) is 37.6 Å². The number of nitrogens with two attached hydrogens (primary N) is 1. The molecule has 1 saturated heterocycles. The molecule has 0 saturated carbocycles. The minimum absolute atomic E-state index is 0.105. The number of furan rings is 1. The highest BCUT2D eigenvalue weighted by Crippen LogP contribution is 2.29. The van der Waals surface area contributed by atoms with Gasteiger partial charge in [-0.1, -0.05) is 0 Å². The summed E-state index contributed by atoms with van der Waals surface area (Å²) in [5.74, 6) is 1.70. The second-order valence-corrected chi connectivity index (χ2v) is 5.81. The summed E-state index contributed by atoms with van der Waals surface area (Å²) >= 11 is 3.52. The molecule has 1 unspecified atom stereocenters. The molecule has 1 aliphatic rings. The van der Waals surface area contributed by atoms with Gasteiger partial charge >= 0.3 is 0 Å². The second kappa shape index (κ2) is 6.55. The van der Waals surface area contributed by atoms with Crippen LogP contribution in [0.2, 0.25) is 0 Å². The van der Waals surface area contributed by atoms with Gasteiger partial charge in [0, 0.05) is 45.1 Å². The minimum atomic E-state index is 0.105. The molecule has 1 atom stereocenters. The third kappa shape index (κ3) is 3.09. The van der Waals surface area contributed by atoms with Crippen molar-refractivity contribution in [1.82, 2.24) is 14.9 Å². The van der Waals surface area contributed by atoms with Crippen molar-refractivity contribution in [2.24, 2.45) is 5.73 Å². The molecule has 0 spiro atoms. The van der Waals surface area contributed by atoms with Crippen molar-refractivity contribution in [1.29, 1.82) is 0 Å². The number of aromatic nitrogens is 2. The molecule has 0 aliphatic carbocycles. The number of hydrogen-bond acceptors (Lipinski definition) is 6. The van der Waals surface area contributed by atoms with E-state index in [1.807, 2.05) is 12.1 Å². The van der Waals surface area contributed by atoms with E-state index in [1.54, 1.807) is 18.7 Å². The van der Waals surface area contributed by atoms with Crippen molar-refractivity contribution in [3.63, 3.8) is 0 Å². The first kappa shape index (κ1) is 14.5. The average Bonchev–Trinajstić information content (AvgIpc) is 2.96. The van der Waals surface area contributed by atoms with E-state index in [4.69, 9.17) is 10.2 Å². The number of anilines is 1. The maximum atomic E-state index is 5.95. The normalized spacial score (nSPS) is 17.9. The minimum Gasteiger partial charge on any atom is -0.466 e. The van der Waals surface area contributed by atoms with Crippen LogP contribution in [0, 0.1) is 0 Å². The second-order valence-electron chi connectivity index (χ2n) is 4.96. The SMILES string of the molecule is NCC(c1occc1Br)N1CCN(c2ncccn2)CC1. The van der Waals surface area contributed by atoms with Crippen LogP contribution < -0.4 is 10.6 Å². The molecule has 2 N–H and O–H groups in total. The summed E-state index contributed by atoms with van der Waals surface area (Å²) in [4.78, 5) is 13.2. The first-order valence-corrected chi connectivity index (χ1v) is 7.78. The van der Waals surface area contributed by atoms with Gasteiger partial charge in [-0.3, -0.25) is 4.90 Å². The van der Waals surface area contributed by atoms with Crippen molar-refractivity contribution in [3.8, 4) is 0 Å². The maximum Gasteiger partial charge on any atom is 0.225 e. The summed E-state index contributed by atoms with van der Waals surface area (Å²) in [6.07, 6.45) is 5.24. The molecule has 7 heteroatoms. The van der Waals surface area contributed by atoms with Gasteiger partial charge in [0.05, 0.1) is 16.8 Å². The van der Waals surface area contributed by atoms with E-state index in [0.717, 1.165) is 42.4 Å². The third-order valence-electron chi connectivity index (χ3n) is 3.76. The molecule has 112 valence electrons. The van der Waals surface area contributed by atoms with Gasteiger partial charge in [0.25, 0.3) is 0 Å². The first-order valence-electron chi connectivity index (χ1n) is 6.98. The summed E-state index contributed by atoms with van der Waals surface area (Å²) in [7, 11) is 0. The van der Waals surface area contributed by atoms with Crippen LogP contribution in [-0.4, -0.2) is 47.6 Å². The van der Waals surface area contributed by atoms with Gasteiger partial charge in [0.2, 0.25) is 5.95 Å². The zero-order valence-electron chi connectivity index (χ0n) is 11.7. The predicted octanol–water partition coefficient (Wildman–Crippen LogP) is 1.65. The van der Waals surface area contributed by atoms with Gasteiger partial charge in [-0.25, -0.2) is 9.97 Å². The molecule has 0 aromatic carbocycles. The van der Waals surface area contributed by atoms with Crippen LogP contribution in [0.1, 0.15) is 11.8 Å². The zero-order chi connectivity index (χ0) is 14.7. The van der Waals surface area contributed by atoms with Gasteiger partial charge in [-0.05, 0) is 28.1 Å².